The van der Waals surface area contributed by atoms with Crippen molar-refractivity contribution in [3.8, 4) is 0 Å². The van der Waals surface area contributed by atoms with Crippen LogP contribution < -0.4 is 10.6 Å². The van der Waals surface area contributed by atoms with Gasteiger partial charge in [-0.3, -0.25) is 4.79 Å². The minimum Gasteiger partial charge on any atom is -0.378 e. The van der Waals surface area contributed by atoms with Crippen LogP contribution in [0.3, 0.4) is 0 Å². The smallest absolute Gasteiger partial charge is 0.219 e. The van der Waals surface area contributed by atoms with E-state index in [1.807, 2.05) is 0 Å². The van der Waals surface area contributed by atoms with Gasteiger partial charge in [0, 0.05) is 21.9 Å². The van der Waals surface area contributed by atoms with Gasteiger partial charge in [0.15, 0.2) is 0 Å². The fourth-order valence-electron chi connectivity index (χ4n) is 2.57. The van der Waals surface area contributed by atoms with Crippen LogP contribution in [0.5, 0.6) is 0 Å². The maximum Gasteiger partial charge on any atom is 0.219 e. The van der Waals surface area contributed by atoms with E-state index in [4.69, 9.17) is 23.7 Å². The Bertz CT molecular complexity index is 413. The zero-order chi connectivity index (χ0) is 23.2. The summed E-state index contributed by atoms with van der Waals surface area (Å²) in [5, 5.41) is 5.96. The Morgan fingerprint density at radius 2 is 1.32 bits per heavy atom. The Morgan fingerprint density at radius 3 is 1.81 bits per heavy atom. The third-order valence-corrected chi connectivity index (χ3v) is 4.71. The molecule has 0 spiro atoms. The molecular formula is C22H49FN2O6. The first kappa shape index (κ1) is 30.2. The standard InChI is InChI=1S/C22H45FN2O6.2H2/c1-5-20(6-2)24-8-9-27-10-11-28-12-13-29-14-15-30-16-17-31-19(4)21(23)18-25-22(26)7-3;;/h19-21,24H,5-18H2,1-4H3,(H,25,26);2*1H. The molecule has 1 amide bonds. The van der Waals surface area contributed by atoms with Crippen LogP contribution >= 0.6 is 0 Å². The quantitative estimate of drug-likeness (QED) is 0.229. The van der Waals surface area contributed by atoms with E-state index in [1.165, 1.54) is 0 Å². The molecule has 0 rings (SSSR count). The summed E-state index contributed by atoms with van der Waals surface area (Å²) in [6, 6.07) is 0.575. The minimum absolute atomic E-state index is 0. The number of carbonyl (C=O) groups excluding carboxylic acids is 1. The van der Waals surface area contributed by atoms with Crippen LogP contribution in [-0.4, -0.2) is 96.8 Å². The minimum atomic E-state index is -1.24. The molecule has 190 valence electrons. The van der Waals surface area contributed by atoms with E-state index in [-0.39, 0.29) is 15.3 Å². The summed E-state index contributed by atoms with van der Waals surface area (Å²) in [6.45, 7) is 13.0. The zero-order valence-electron chi connectivity index (χ0n) is 20.0. The molecule has 0 aliphatic heterocycles. The molecule has 0 radical (unpaired) electrons. The molecule has 0 heterocycles. The van der Waals surface area contributed by atoms with Gasteiger partial charge in [-0.15, -0.1) is 0 Å². The van der Waals surface area contributed by atoms with Gasteiger partial charge in [0.25, 0.3) is 0 Å². The highest BCUT2D eigenvalue weighted by Gasteiger charge is 2.17. The van der Waals surface area contributed by atoms with Crippen molar-refractivity contribution in [1.29, 1.82) is 0 Å². The maximum absolute atomic E-state index is 13.8. The molecule has 0 aromatic heterocycles. The molecule has 0 aromatic carbocycles. The van der Waals surface area contributed by atoms with Crippen LogP contribution in [0.2, 0.25) is 0 Å². The van der Waals surface area contributed by atoms with E-state index in [9.17, 15) is 9.18 Å². The lowest BCUT2D eigenvalue weighted by molar-refractivity contribution is -0.121. The largest absolute Gasteiger partial charge is 0.378 e. The van der Waals surface area contributed by atoms with Crippen molar-refractivity contribution < 1.29 is 35.7 Å². The number of halogens is 1. The first-order valence-electron chi connectivity index (χ1n) is 11.6. The Morgan fingerprint density at radius 1 is 0.839 bits per heavy atom. The SMILES string of the molecule is CCC(=O)NCC(F)C(C)OCCOCCOCCOCCOCCNC(CC)CC.[HH].[HH]. The molecule has 0 saturated heterocycles. The van der Waals surface area contributed by atoms with Crippen molar-refractivity contribution in [2.45, 2.75) is 65.3 Å². The molecule has 0 fully saturated rings. The zero-order valence-corrected chi connectivity index (χ0v) is 20.0. The van der Waals surface area contributed by atoms with E-state index >= 15 is 0 Å². The summed E-state index contributed by atoms with van der Waals surface area (Å²) in [5.41, 5.74) is 0. The van der Waals surface area contributed by atoms with Crippen molar-refractivity contribution >= 4 is 5.91 Å². The lowest BCUT2D eigenvalue weighted by Crippen LogP contribution is -2.36. The molecule has 2 atom stereocenters. The topological polar surface area (TPSA) is 87.3 Å². The van der Waals surface area contributed by atoms with Gasteiger partial charge < -0.3 is 34.3 Å². The molecule has 0 aliphatic rings. The molecule has 9 heteroatoms. The van der Waals surface area contributed by atoms with Crippen molar-refractivity contribution in [2.75, 3.05) is 72.6 Å². The number of hydrogen-bond donors (Lipinski definition) is 2. The van der Waals surface area contributed by atoms with Gasteiger partial charge in [0.2, 0.25) is 5.91 Å². The lowest BCUT2D eigenvalue weighted by atomic mass is 10.2. The lowest BCUT2D eigenvalue weighted by Gasteiger charge is -2.18. The van der Waals surface area contributed by atoms with Crippen LogP contribution in [0.4, 0.5) is 4.39 Å². The van der Waals surface area contributed by atoms with Crippen molar-refractivity contribution in [2.24, 2.45) is 0 Å². The van der Waals surface area contributed by atoms with E-state index in [2.05, 4.69) is 24.5 Å². The summed E-state index contributed by atoms with van der Waals surface area (Å²) < 4.78 is 40.9. The third-order valence-electron chi connectivity index (χ3n) is 4.71. The van der Waals surface area contributed by atoms with Gasteiger partial charge in [0.1, 0.15) is 6.17 Å². The van der Waals surface area contributed by atoms with Crippen LogP contribution in [-0.2, 0) is 28.5 Å². The normalized spacial score (nSPS) is 13.5. The van der Waals surface area contributed by atoms with Crippen molar-refractivity contribution in [3.05, 3.63) is 0 Å². The number of nitrogens with one attached hydrogen (secondary N) is 2. The van der Waals surface area contributed by atoms with E-state index in [0.717, 1.165) is 19.4 Å². The average molecular weight is 457 g/mol. The first-order valence-corrected chi connectivity index (χ1v) is 11.6. The van der Waals surface area contributed by atoms with Gasteiger partial charge in [0.05, 0.1) is 72.1 Å². The fourth-order valence-corrected chi connectivity index (χ4v) is 2.57. The molecule has 2 unspecified atom stereocenters. The van der Waals surface area contributed by atoms with Crippen LogP contribution in [0.1, 0.15) is 49.8 Å². The van der Waals surface area contributed by atoms with Gasteiger partial charge in [-0.25, -0.2) is 4.39 Å². The van der Waals surface area contributed by atoms with E-state index in [0.29, 0.717) is 71.9 Å². The second kappa shape index (κ2) is 22.4. The van der Waals surface area contributed by atoms with Crippen LogP contribution in [0, 0.1) is 0 Å². The Hall–Kier alpha value is -0.840. The third kappa shape index (κ3) is 19.6. The second-order valence-corrected chi connectivity index (χ2v) is 7.17. The molecule has 0 aromatic rings. The number of carbonyl (C=O) groups is 1. The predicted molar refractivity (Wildman–Crippen MR) is 123 cm³/mol. The van der Waals surface area contributed by atoms with Gasteiger partial charge in [-0.2, -0.15) is 0 Å². The summed E-state index contributed by atoms with van der Waals surface area (Å²) in [5.74, 6) is -0.169. The number of alkyl halides is 1. The maximum atomic E-state index is 13.8. The number of rotatable bonds is 23. The summed E-state index contributed by atoms with van der Waals surface area (Å²) in [6.07, 6.45) is 0.778. The Balaban J connectivity index is -0.00000450. The number of hydrogen-bond acceptors (Lipinski definition) is 7. The highest BCUT2D eigenvalue weighted by Crippen LogP contribution is 2.02. The number of ether oxygens (including phenoxy) is 5. The Kier molecular flexibility index (Phi) is 21.8. The summed E-state index contributed by atoms with van der Waals surface area (Å²) >= 11 is 0. The van der Waals surface area contributed by atoms with Crippen LogP contribution in [0.25, 0.3) is 0 Å². The van der Waals surface area contributed by atoms with E-state index < -0.39 is 12.3 Å². The number of amides is 1. The predicted octanol–water partition coefficient (Wildman–Crippen LogP) is 2.59. The second-order valence-electron chi connectivity index (χ2n) is 7.17. The Labute approximate surface area is 190 Å². The monoisotopic (exact) mass is 456 g/mol. The highest BCUT2D eigenvalue weighted by atomic mass is 19.1. The van der Waals surface area contributed by atoms with Gasteiger partial charge in [-0.1, -0.05) is 20.8 Å². The highest BCUT2D eigenvalue weighted by molar-refractivity contribution is 5.75. The molecule has 0 saturated carbocycles. The molecule has 2 N–H and O–H groups in total. The summed E-state index contributed by atoms with van der Waals surface area (Å²) in [7, 11) is 0. The van der Waals surface area contributed by atoms with Gasteiger partial charge in [-0.05, 0) is 19.8 Å². The average Bonchev–Trinajstić information content (AvgIpc) is 2.79. The molecule has 8 nitrogen and oxygen atoms in total. The first-order chi connectivity index (χ1) is 15.0. The molecular weight excluding hydrogens is 407 g/mol. The molecule has 0 bridgehead atoms. The summed E-state index contributed by atoms with van der Waals surface area (Å²) in [4.78, 5) is 11.1. The van der Waals surface area contributed by atoms with E-state index in [1.54, 1.807) is 13.8 Å². The van der Waals surface area contributed by atoms with Crippen molar-refractivity contribution in [1.82, 2.24) is 10.6 Å². The van der Waals surface area contributed by atoms with Crippen molar-refractivity contribution in [3.63, 3.8) is 0 Å². The van der Waals surface area contributed by atoms with Gasteiger partial charge >= 0.3 is 0 Å². The molecule has 31 heavy (non-hydrogen) atoms. The van der Waals surface area contributed by atoms with Crippen LogP contribution in [0.15, 0.2) is 0 Å². The molecule has 0 aliphatic carbocycles. The fraction of sp³-hybridized carbons (Fsp3) is 0.955.